The molecule has 1 amide bonds. The van der Waals surface area contributed by atoms with Crippen molar-refractivity contribution in [3.05, 3.63) is 77.4 Å². The fraction of sp³-hybridized carbons (Fsp3) is 0.0500. The summed E-state index contributed by atoms with van der Waals surface area (Å²) in [6.45, 7) is 0. The summed E-state index contributed by atoms with van der Waals surface area (Å²) < 4.78 is 5.72. The van der Waals surface area contributed by atoms with Crippen LogP contribution in [0.3, 0.4) is 0 Å². The number of hydrogen-bond acceptors (Lipinski definition) is 4. The maximum atomic E-state index is 12.3. The van der Waals surface area contributed by atoms with Gasteiger partial charge in [0.25, 0.3) is 0 Å². The summed E-state index contributed by atoms with van der Waals surface area (Å²) in [6.07, 6.45) is 1.95. The van der Waals surface area contributed by atoms with E-state index in [0.29, 0.717) is 39.8 Å². The minimum Gasteiger partial charge on any atom is -0.434 e. The molecule has 0 saturated carbocycles. The minimum atomic E-state index is -0.108. The van der Waals surface area contributed by atoms with Crippen molar-refractivity contribution in [1.82, 2.24) is 9.97 Å². The fourth-order valence-corrected chi connectivity index (χ4v) is 2.84. The van der Waals surface area contributed by atoms with Crippen LogP contribution < -0.4 is 5.32 Å². The van der Waals surface area contributed by atoms with Crippen molar-refractivity contribution < 1.29 is 9.21 Å². The Morgan fingerprint density at radius 1 is 1.08 bits per heavy atom. The number of oxazole rings is 1. The van der Waals surface area contributed by atoms with Crippen LogP contribution in [0.4, 0.5) is 5.69 Å². The van der Waals surface area contributed by atoms with Crippen molar-refractivity contribution in [1.29, 1.82) is 0 Å². The molecule has 0 radical (unpaired) electrons. The number of aromatic nitrogens is 2. The molecule has 0 unspecified atom stereocenters. The van der Waals surface area contributed by atoms with E-state index in [4.69, 9.17) is 16.0 Å². The highest BCUT2D eigenvalue weighted by atomic mass is 35.5. The smallest absolute Gasteiger partial charge is 0.230 e. The Labute approximate surface area is 154 Å². The summed E-state index contributed by atoms with van der Waals surface area (Å²) in [5.74, 6) is 0.256. The van der Waals surface area contributed by atoms with Crippen LogP contribution in [0.15, 0.2) is 71.3 Å². The quantitative estimate of drug-likeness (QED) is 0.569. The number of halogens is 1. The van der Waals surface area contributed by atoms with Gasteiger partial charge < -0.3 is 9.73 Å². The maximum absolute atomic E-state index is 12.3. The highest BCUT2D eigenvalue weighted by Gasteiger charge is 2.14. The summed E-state index contributed by atoms with van der Waals surface area (Å²) in [6, 6.07) is 18.3. The molecule has 2 aromatic heterocycles. The summed E-state index contributed by atoms with van der Waals surface area (Å²) in [4.78, 5) is 20.8. The second-order valence-corrected chi connectivity index (χ2v) is 6.16. The van der Waals surface area contributed by atoms with Gasteiger partial charge in [0.2, 0.25) is 11.8 Å². The van der Waals surface area contributed by atoms with Gasteiger partial charge in [-0.05, 0) is 35.9 Å². The largest absolute Gasteiger partial charge is 0.434 e. The van der Waals surface area contributed by atoms with Crippen LogP contribution in [0.25, 0.3) is 22.7 Å². The molecule has 2 heterocycles. The van der Waals surface area contributed by atoms with E-state index < -0.39 is 0 Å². The first-order valence-corrected chi connectivity index (χ1v) is 8.42. The first-order chi connectivity index (χ1) is 12.7. The van der Waals surface area contributed by atoms with Gasteiger partial charge in [0.1, 0.15) is 0 Å². The van der Waals surface area contributed by atoms with Gasteiger partial charge in [-0.25, -0.2) is 4.98 Å². The molecule has 4 rings (SSSR count). The Hall–Kier alpha value is -3.18. The molecule has 5 nitrogen and oxygen atoms in total. The number of carbonyl (C=O) groups excluding carboxylic acids is 1. The Morgan fingerprint density at radius 3 is 2.73 bits per heavy atom. The number of nitrogens with zero attached hydrogens (tertiary/aromatic N) is 2. The Bertz CT molecular complexity index is 1040. The van der Waals surface area contributed by atoms with Crippen molar-refractivity contribution in [2.24, 2.45) is 0 Å². The summed E-state index contributed by atoms with van der Waals surface area (Å²) in [7, 11) is 0. The van der Waals surface area contributed by atoms with E-state index >= 15 is 0 Å². The first kappa shape index (κ1) is 16.3. The van der Waals surface area contributed by atoms with Gasteiger partial charge in [0.15, 0.2) is 11.2 Å². The van der Waals surface area contributed by atoms with Crippen LogP contribution in [-0.2, 0) is 11.2 Å². The SMILES string of the molecule is O=C(Cc1ccccc1)Nc1ccc(Cl)c(-c2nc3ncccc3o2)c1. The molecular weight excluding hydrogens is 350 g/mol. The van der Waals surface area contributed by atoms with Gasteiger partial charge in [-0.1, -0.05) is 41.9 Å². The number of fused-ring (bicyclic) bond motifs is 1. The molecule has 4 aromatic rings. The molecule has 128 valence electrons. The van der Waals surface area contributed by atoms with Crippen LogP contribution >= 0.6 is 11.6 Å². The van der Waals surface area contributed by atoms with Gasteiger partial charge in [-0.3, -0.25) is 4.79 Å². The molecule has 26 heavy (non-hydrogen) atoms. The Morgan fingerprint density at radius 2 is 1.92 bits per heavy atom. The molecule has 0 aliphatic carbocycles. The molecule has 6 heteroatoms. The van der Waals surface area contributed by atoms with E-state index in [-0.39, 0.29) is 5.91 Å². The number of nitrogens with one attached hydrogen (secondary N) is 1. The van der Waals surface area contributed by atoms with Gasteiger partial charge in [0, 0.05) is 11.9 Å². The Kier molecular flexibility index (Phi) is 4.37. The number of pyridine rings is 1. The van der Waals surface area contributed by atoms with E-state index in [1.165, 1.54) is 0 Å². The second-order valence-electron chi connectivity index (χ2n) is 5.75. The van der Waals surface area contributed by atoms with E-state index in [2.05, 4.69) is 15.3 Å². The fourth-order valence-electron chi connectivity index (χ4n) is 2.64. The van der Waals surface area contributed by atoms with Crippen LogP contribution in [-0.4, -0.2) is 15.9 Å². The van der Waals surface area contributed by atoms with Crippen LogP contribution in [0, 0.1) is 0 Å². The number of benzene rings is 2. The van der Waals surface area contributed by atoms with Crippen LogP contribution in [0.1, 0.15) is 5.56 Å². The van der Waals surface area contributed by atoms with Crippen LogP contribution in [0.2, 0.25) is 5.02 Å². The molecule has 0 bridgehead atoms. The third-order valence-electron chi connectivity index (χ3n) is 3.85. The zero-order valence-electron chi connectivity index (χ0n) is 13.6. The number of anilines is 1. The van der Waals surface area contributed by atoms with Gasteiger partial charge in [-0.15, -0.1) is 0 Å². The number of amides is 1. The summed E-state index contributed by atoms with van der Waals surface area (Å²) >= 11 is 6.29. The molecule has 0 aliphatic rings. The molecule has 0 fully saturated rings. The highest BCUT2D eigenvalue weighted by Crippen LogP contribution is 2.31. The lowest BCUT2D eigenvalue weighted by Gasteiger charge is -2.07. The van der Waals surface area contributed by atoms with Gasteiger partial charge in [0.05, 0.1) is 17.0 Å². The molecular formula is C20H14ClN3O2. The summed E-state index contributed by atoms with van der Waals surface area (Å²) in [5, 5.41) is 3.36. The van der Waals surface area contributed by atoms with Crippen molar-refractivity contribution in [3.63, 3.8) is 0 Å². The average Bonchev–Trinajstić information content (AvgIpc) is 3.08. The van der Waals surface area contributed by atoms with E-state index in [0.717, 1.165) is 5.56 Å². The van der Waals surface area contributed by atoms with Gasteiger partial charge >= 0.3 is 0 Å². The van der Waals surface area contributed by atoms with E-state index in [1.807, 2.05) is 30.3 Å². The maximum Gasteiger partial charge on any atom is 0.230 e. The van der Waals surface area contributed by atoms with Crippen LogP contribution in [0.5, 0.6) is 0 Å². The minimum absolute atomic E-state index is 0.108. The molecule has 0 saturated heterocycles. The number of carbonyl (C=O) groups is 1. The lowest BCUT2D eigenvalue weighted by atomic mass is 10.1. The molecule has 0 atom stereocenters. The second kappa shape index (κ2) is 6.98. The predicted octanol–water partition coefficient (Wildman–Crippen LogP) is 4.72. The Balaban J connectivity index is 1.59. The topological polar surface area (TPSA) is 68.0 Å². The van der Waals surface area contributed by atoms with Crippen molar-refractivity contribution in [3.8, 4) is 11.5 Å². The third-order valence-corrected chi connectivity index (χ3v) is 4.18. The van der Waals surface area contributed by atoms with Gasteiger partial charge in [-0.2, -0.15) is 4.98 Å². The molecule has 0 aliphatic heterocycles. The van der Waals surface area contributed by atoms with Crippen molar-refractivity contribution in [2.75, 3.05) is 5.32 Å². The number of hydrogen-bond donors (Lipinski definition) is 1. The van der Waals surface area contributed by atoms with E-state index in [9.17, 15) is 4.79 Å². The molecule has 2 aromatic carbocycles. The third kappa shape index (κ3) is 3.43. The van der Waals surface area contributed by atoms with Crippen molar-refractivity contribution in [2.45, 2.75) is 6.42 Å². The average molecular weight is 364 g/mol. The summed E-state index contributed by atoms with van der Waals surface area (Å²) in [5.41, 5.74) is 3.26. The highest BCUT2D eigenvalue weighted by molar-refractivity contribution is 6.33. The number of rotatable bonds is 4. The zero-order valence-corrected chi connectivity index (χ0v) is 14.4. The normalized spacial score (nSPS) is 10.8. The first-order valence-electron chi connectivity index (χ1n) is 8.04. The monoisotopic (exact) mass is 363 g/mol. The lowest BCUT2D eigenvalue weighted by molar-refractivity contribution is -0.115. The zero-order chi connectivity index (χ0) is 17.9. The predicted molar refractivity (Wildman–Crippen MR) is 101 cm³/mol. The standard InChI is InChI=1S/C20H14ClN3O2/c21-16-9-8-14(23-18(25)11-13-5-2-1-3-6-13)12-15(16)20-24-19-17(26-20)7-4-10-22-19/h1-10,12H,11H2,(H,23,25). The molecule has 1 N–H and O–H groups in total. The van der Waals surface area contributed by atoms with Crippen molar-refractivity contribution >= 4 is 34.4 Å². The molecule has 0 spiro atoms. The lowest BCUT2D eigenvalue weighted by Crippen LogP contribution is -2.14. The van der Waals surface area contributed by atoms with E-state index in [1.54, 1.807) is 36.5 Å².